The Kier molecular flexibility index (Phi) is 5.31. The van der Waals surface area contributed by atoms with E-state index in [4.69, 9.17) is 11.5 Å². The molecule has 16 heavy (non-hydrogen) atoms. The molecular formula is C8H11N5O2S. The minimum atomic E-state index is -0.179. The molecule has 8 heteroatoms. The Balaban J connectivity index is 2.39. The number of amides is 1. The van der Waals surface area contributed by atoms with Crippen LogP contribution in [0.3, 0.4) is 0 Å². The van der Waals surface area contributed by atoms with Gasteiger partial charge in [0.15, 0.2) is 0 Å². The highest BCUT2D eigenvalue weighted by atomic mass is 32.2. The van der Waals surface area contributed by atoms with Crippen molar-refractivity contribution in [1.82, 2.24) is 25.5 Å². The molecule has 0 spiro atoms. The molecule has 1 heterocycles. The van der Waals surface area contributed by atoms with Crippen molar-refractivity contribution in [1.29, 1.82) is 0 Å². The van der Waals surface area contributed by atoms with Crippen molar-refractivity contribution < 1.29 is 9.90 Å². The lowest BCUT2D eigenvalue weighted by Crippen LogP contribution is -2.25. The van der Waals surface area contributed by atoms with Gasteiger partial charge in [0.1, 0.15) is 0 Å². The summed E-state index contributed by atoms with van der Waals surface area (Å²) in [5, 5.41) is 22.6. The van der Waals surface area contributed by atoms with Gasteiger partial charge in [-0.2, -0.15) is 0 Å². The number of thioether (sulfide) groups is 1. The molecule has 7 nitrogen and oxygen atoms in total. The molecule has 1 rings (SSSR count). The maximum Gasteiger partial charge on any atom is 0.231 e. The molecule has 0 aliphatic carbocycles. The van der Waals surface area contributed by atoms with Crippen LogP contribution in [0.25, 0.3) is 0 Å². The molecule has 1 aromatic rings. The number of hydrogen-bond donors (Lipinski definition) is 2. The van der Waals surface area contributed by atoms with Crippen LogP contribution in [0.1, 0.15) is 0 Å². The summed E-state index contributed by atoms with van der Waals surface area (Å²) in [6.07, 6.45) is 5.00. The molecule has 86 valence electrons. The number of carbonyl (C=O) groups is 1. The monoisotopic (exact) mass is 241 g/mol. The van der Waals surface area contributed by atoms with E-state index in [-0.39, 0.29) is 24.8 Å². The normalized spacial score (nSPS) is 9.75. The maximum absolute atomic E-state index is 11.2. The predicted molar refractivity (Wildman–Crippen MR) is 57.5 cm³/mol. The van der Waals surface area contributed by atoms with Gasteiger partial charge in [0.05, 0.1) is 25.4 Å². The summed E-state index contributed by atoms with van der Waals surface area (Å²) in [4.78, 5) is 11.2. The minimum Gasteiger partial charge on any atom is -0.394 e. The number of aliphatic hydroxyl groups excluding tert-OH is 1. The van der Waals surface area contributed by atoms with Crippen LogP contribution < -0.4 is 5.32 Å². The third kappa shape index (κ3) is 3.88. The topological polar surface area (TPSA) is 92.9 Å². The average molecular weight is 241 g/mol. The van der Waals surface area contributed by atoms with Gasteiger partial charge in [-0.15, -0.1) is 11.5 Å². The maximum atomic E-state index is 11.2. The zero-order valence-electron chi connectivity index (χ0n) is 8.46. The molecular weight excluding hydrogens is 230 g/mol. The average Bonchev–Trinajstić information content (AvgIpc) is 2.72. The van der Waals surface area contributed by atoms with Gasteiger partial charge in [-0.05, 0) is 10.4 Å². The molecule has 0 atom stereocenters. The van der Waals surface area contributed by atoms with E-state index in [0.717, 1.165) is 0 Å². The predicted octanol–water partition coefficient (Wildman–Crippen LogP) is -1.49. The van der Waals surface area contributed by atoms with Crippen LogP contribution >= 0.6 is 11.8 Å². The summed E-state index contributed by atoms with van der Waals surface area (Å²) in [5.41, 5.74) is 0. The van der Waals surface area contributed by atoms with Crippen molar-refractivity contribution in [3.05, 3.63) is 0 Å². The van der Waals surface area contributed by atoms with Crippen molar-refractivity contribution in [2.24, 2.45) is 0 Å². The van der Waals surface area contributed by atoms with Crippen LogP contribution in [0.5, 0.6) is 0 Å². The van der Waals surface area contributed by atoms with Crippen LogP contribution in [0.15, 0.2) is 5.16 Å². The summed E-state index contributed by atoms with van der Waals surface area (Å²) < 4.78 is 1.43. The number of hydrogen-bond acceptors (Lipinski definition) is 6. The quantitative estimate of drug-likeness (QED) is 0.465. The van der Waals surface area contributed by atoms with Gasteiger partial charge in [0, 0.05) is 0 Å². The van der Waals surface area contributed by atoms with E-state index in [1.165, 1.54) is 16.4 Å². The Bertz CT molecular complexity index is 386. The van der Waals surface area contributed by atoms with Crippen molar-refractivity contribution in [3.8, 4) is 12.3 Å². The molecule has 0 aliphatic heterocycles. The van der Waals surface area contributed by atoms with Gasteiger partial charge in [-0.25, -0.2) is 4.68 Å². The Labute approximate surface area is 96.6 Å². The fourth-order valence-corrected chi connectivity index (χ4v) is 1.60. The first-order valence-electron chi connectivity index (χ1n) is 4.48. The lowest BCUT2D eigenvalue weighted by molar-refractivity contribution is -0.118. The van der Waals surface area contributed by atoms with Crippen LogP contribution in [0.4, 0.5) is 0 Å². The molecule has 0 aliphatic rings. The van der Waals surface area contributed by atoms with Gasteiger partial charge < -0.3 is 10.4 Å². The summed E-state index contributed by atoms with van der Waals surface area (Å²) >= 11 is 1.19. The van der Waals surface area contributed by atoms with E-state index in [0.29, 0.717) is 11.7 Å². The zero-order valence-corrected chi connectivity index (χ0v) is 9.27. The molecule has 1 amide bonds. The number of tetrazole rings is 1. The van der Waals surface area contributed by atoms with Crippen LogP contribution in [0.2, 0.25) is 0 Å². The second-order valence-electron chi connectivity index (χ2n) is 2.68. The SMILES string of the molecule is C#CCNC(=O)CSc1nnnn1CCO. The summed E-state index contributed by atoms with van der Waals surface area (Å²) in [7, 11) is 0. The Morgan fingerprint density at radius 1 is 1.69 bits per heavy atom. The largest absolute Gasteiger partial charge is 0.394 e. The van der Waals surface area contributed by atoms with Gasteiger partial charge in [-0.3, -0.25) is 4.79 Å². The number of aliphatic hydroxyl groups is 1. The Morgan fingerprint density at radius 2 is 2.50 bits per heavy atom. The van der Waals surface area contributed by atoms with Crippen molar-refractivity contribution in [2.75, 3.05) is 18.9 Å². The molecule has 0 saturated carbocycles. The van der Waals surface area contributed by atoms with Gasteiger partial charge in [0.2, 0.25) is 11.1 Å². The molecule has 0 bridgehead atoms. The fraction of sp³-hybridized carbons (Fsp3) is 0.500. The van der Waals surface area contributed by atoms with Gasteiger partial charge in [0.25, 0.3) is 0 Å². The highest BCUT2D eigenvalue weighted by Crippen LogP contribution is 2.12. The van der Waals surface area contributed by atoms with E-state index in [9.17, 15) is 4.79 Å². The molecule has 0 unspecified atom stereocenters. The van der Waals surface area contributed by atoms with Crippen molar-refractivity contribution in [3.63, 3.8) is 0 Å². The van der Waals surface area contributed by atoms with E-state index in [1.54, 1.807) is 0 Å². The fourth-order valence-electron chi connectivity index (χ4n) is 0.866. The highest BCUT2D eigenvalue weighted by Gasteiger charge is 2.08. The molecule has 0 fully saturated rings. The van der Waals surface area contributed by atoms with E-state index >= 15 is 0 Å². The molecule has 0 saturated heterocycles. The smallest absolute Gasteiger partial charge is 0.231 e. The third-order valence-corrected chi connectivity index (χ3v) is 2.49. The van der Waals surface area contributed by atoms with Crippen molar-refractivity contribution >= 4 is 17.7 Å². The van der Waals surface area contributed by atoms with Crippen LogP contribution in [-0.4, -0.2) is 50.1 Å². The molecule has 0 aromatic carbocycles. The summed E-state index contributed by atoms with van der Waals surface area (Å²) in [6, 6.07) is 0. The number of nitrogens with zero attached hydrogens (tertiary/aromatic N) is 4. The Morgan fingerprint density at radius 3 is 3.19 bits per heavy atom. The highest BCUT2D eigenvalue weighted by molar-refractivity contribution is 7.99. The lowest BCUT2D eigenvalue weighted by Gasteiger charge is -2.02. The second-order valence-corrected chi connectivity index (χ2v) is 3.62. The molecule has 1 aromatic heterocycles. The van der Waals surface area contributed by atoms with Crippen LogP contribution in [0, 0.1) is 12.3 Å². The first kappa shape index (κ1) is 12.5. The van der Waals surface area contributed by atoms with E-state index in [2.05, 4.69) is 26.8 Å². The standard InChI is InChI=1S/C8H11N5O2S/c1-2-3-9-7(15)6-16-8-10-11-12-13(8)4-5-14/h1,14H,3-6H2,(H,9,15). The molecule has 0 radical (unpaired) electrons. The van der Waals surface area contributed by atoms with Crippen molar-refractivity contribution in [2.45, 2.75) is 11.7 Å². The van der Waals surface area contributed by atoms with Gasteiger partial charge >= 0.3 is 0 Å². The number of nitrogens with one attached hydrogen (secondary N) is 1. The van der Waals surface area contributed by atoms with Gasteiger partial charge in [-0.1, -0.05) is 17.7 Å². The number of terminal acetylenes is 1. The van der Waals surface area contributed by atoms with E-state index < -0.39 is 0 Å². The number of carbonyl (C=O) groups excluding carboxylic acids is 1. The second kappa shape index (κ2) is 6.81. The molecule has 2 N–H and O–H groups in total. The van der Waals surface area contributed by atoms with E-state index in [1.807, 2.05) is 0 Å². The Hall–Kier alpha value is -1.59. The number of aromatic nitrogens is 4. The third-order valence-electron chi connectivity index (χ3n) is 1.53. The lowest BCUT2D eigenvalue weighted by atomic mass is 10.6. The summed E-state index contributed by atoms with van der Waals surface area (Å²) in [5.74, 6) is 2.31. The van der Waals surface area contributed by atoms with Crippen LogP contribution in [-0.2, 0) is 11.3 Å². The summed E-state index contributed by atoms with van der Waals surface area (Å²) in [6.45, 7) is 0.462. The first-order valence-corrected chi connectivity index (χ1v) is 5.46. The first-order chi connectivity index (χ1) is 7.77. The minimum absolute atomic E-state index is 0.0537. The zero-order chi connectivity index (χ0) is 11.8. The number of rotatable bonds is 6.